The fourth-order valence-electron chi connectivity index (χ4n) is 4.20. The number of hydrogen-bond acceptors (Lipinski definition) is 8. The highest BCUT2D eigenvalue weighted by atomic mass is 16.6. The molecule has 2 unspecified atom stereocenters. The van der Waals surface area contributed by atoms with Gasteiger partial charge in [0.1, 0.15) is 35.5 Å². The first-order chi connectivity index (χ1) is 17.6. The Bertz CT molecular complexity index is 1380. The van der Waals surface area contributed by atoms with Crippen LogP contribution in [0.15, 0.2) is 78.2 Å². The first-order valence-electron chi connectivity index (χ1n) is 11.6. The number of nitriles is 1. The number of hydrogen-bond donors (Lipinski definition) is 1. The van der Waals surface area contributed by atoms with E-state index in [4.69, 9.17) is 29.4 Å². The number of nitrogens with two attached hydrogens (primary N) is 1. The lowest BCUT2D eigenvalue weighted by Gasteiger charge is -2.28. The van der Waals surface area contributed by atoms with Gasteiger partial charge in [0.25, 0.3) is 0 Å². The molecule has 2 atom stereocenters. The summed E-state index contributed by atoms with van der Waals surface area (Å²) in [4.78, 5) is 12.8. The van der Waals surface area contributed by atoms with Crippen molar-refractivity contribution in [2.24, 2.45) is 5.73 Å². The molecule has 0 aliphatic carbocycles. The largest absolute Gasteiger partial charge is 0.493 e. The maximum atomic E-state index is 12.8. The highest BCUT2D eigenvalue weighted by Gasteiger charge is 2.34. The van der Waals surface area contributed by atoms with Gasteiger partial charge in [0.15, 0.2) is 11.5 Å². The molecule has 0 saturated carbocycles. The van der Waals surface area contributed by atoms with Crippen LogP contribution in [0.25, 0.3) is 0 Å². The molecule has 3 aromatic rings. The summed E-state index contributed by atoms with van der Waals surface area (Å²) in [6.45, 7) is 2.60. The van der Waals surface area contributed by atoms with E-state index < -0.39 is 18.0 Å². The Morgan fingerprint density at radius 2 is 1.83 bits per heavy atom. The zero-order valence-electron chi connectivity index (χ0n) is 19.6. The van der Waals surface area contributed by atoms with Gasteiger partial charge >= 0.3 is 5.97 Å². The Kier molecular flexibility index (Phi) is 6.37. The summed E-state index contributed by atoms with van der Waals surface area (Å²) in [6.07, 6.45) is -0.0694. The van der Waals surface area contributed by atoms with Crippen molar-refractivity contribution in [3.63, 3.8) is 0 Å². The second-order valence-electron chi connectivity index (χ2n) is 8.30. The first-order valence-corrected chi connectivity index (χ1v) is 11.6. The average molecular weight is 485 g/mol. The molecule has 2 heterocycles. The smallest absolute Gasteiger partial charge is 0.356 e. The van der Waals surface area contributed by atoms with Gasteiger partial charge in [-0.1, -0.05) is 43.3 Å². The Morgan fingerprint density at radius 3 is 2.64 bits per heavy atom. The number of esters is 1. The molecule has 2 aliphatic rings. The van der Waals surface area contributed by atoms with Crippen LogP contribution in [-0.4, -0.2) is 25.3 Å². The molecular formula is C28H24N2O6. The molecule has 0 fully saturated rings. The molecule has 8 heteroatoms. The SMILES string of the molecule is CCCOc1ccccc1C1C(C#N)=C(N)Oc2cc(OC(=O)C3COc4ccccc4O3)ccc21. The van der Waals surface area contributed by atoms with Gasteiger partial charge in [-0.05, 0) is 30.7 Å². The summed E-state index contributed by atoms with van der Waals surface area (Å²) in [5.41, 5.74) is 7.93. The van der Waals surface area contributed by atoms with Gasteiger partial charge in [-0.25, -0.2) is 4.79 Å². The number of carbonyl (C=O) groups excluding carboxylic acids is 1. The van der Waals surface area contributed by atoms with E-state index >= 15 is 0 Å². The number of carbonyl (C=O) groups is 1. The summed E-state index contributed by atoms with van der Waals surface area (Å²) in [6, 6.07) is 21.8. The summed E-state index contributed by atoms with van der Waals surface area (Å²) >= 11 is 0. The number of rotatable bonds is 6. The van der Waals surface area contributed by atoms with Crippen LogP contribution >= 0.6 is 0 Å². The minimum Gasteiger partial charge on any atom is -0.493 e. The molecule has 0 saturated heterocycles. The van der Waals surface area contributed by atoms with Crippen LogP contribution in [0.5, 0.6) is 28.7 Å². The van der Waals surface area contributed by atoms with Crippen LogP contribution in [0.1, 0.15) is 30.4 Å². The van der Waals surface area contributed by atoms with E-state index in [2.05, 4.69) is 6.07 Å². The van der Waals surface area contributed by atoms with Crippen LogP contribution in [-0.2, 0) is 4.79 Å². The second kappa shape index (κ2) is 9.92. The third-order valence-corrected chi connectivity index (χ3v) is 5.87. The predicted molar refractivity (Wildman–Crippen MR) is 130 cm³/mol. The Morgan fingerprint density at radius 1 is 1.06 bits per heavy atom. The number of allylic oxidation sites excluding steroid dienone is 1. The van der Waals surface area contributed by atoms with Crippen molar-refractivity contribution in [3.8, 4) is 34.8 Å². The van der Waals surface area contributed by atoms with Gasteiger partial charge in [0.2, 0.25) is 12.0 Å². The third kappa shape index (κ3) is 4.39. The fourth-order valence-corrected chi connectivity index (χ4v) is 4.20. The quantitative estimate of drug-likeness (QED) is 0.404. The summed E-state index contributed by atoms with van der Waals surface area (Å²) in [5, 5.41) is 9.87. The highest BCUT2D eigenvalue weighted by Crippen LogP contribution is 2.46. The van der Waals surface area contributed by atoms with Crippen molar-refractivity contribution in [1.82, 2.24) is 0 Å². The topological polar surface area (TPSA) is 113 Å². The van der Waals surface area contributed by atoms with Crippen molar-refractivity contribution < 1.29 is 28.5 Å². The van der Waals surface area contributed by atoms with Crippen molar-refractivity contribution in [2.45, 2.75) is 25.4 Å². The molecular weight excluding hydrogens is 460 g/mol. The molecule has 0 aromatic heterocycles. The minimum absolute atomic E-state index is 0.00982. The van der Waals surface area contributed by atoms with Gasteiger partial charge in [0.05, 0.1) is 12.5 Å². The van der Waals surface area contributed by atoms with Crippen LogP contribution < -0.4 is 29.4 Å². The molecule has 2 N–H and O–H groups in total. The van der Waals surface area contributed by atoms with E-state index in [1.54, 1.807) is 36.4 Å². The zero-order valence-corrected chi connectivity index (χ0v) is 19.6. The molecule has 0 spiro atoms. The molecule has 8 nitrogen and oxygen atoms in total. The summed E-state index contributed by atoms with van der Waals surface area (Å²) < 4.78 is 28.6. The van der Waals surface area contributed by atoms with E-state index in [-0.39, 0.29) is 23.8 Å². The summed E-state index contributed by atoms with van der Waals surface area (Å²) in [5.74, 6) is 1.26. The number of fused-ring (bicyclic) bond motifs is 2. The van der Waals surface area contributed by atoms with E-state index in [9.17, 15) is 10.1 Å². The number of benzene rings is 3. The van der Waals surface area contributed by atoms with Crippen LogP contribution in [0.3, 0.4) is 0 Å². The van der Waals surface area contributed by atoms with Gasteiger partial charge in [-0.3, -0.25) is 0 Å². The van der Waals surface area contributed by atoms with Gasteiger partial charge < -0.3 is 29.4 Å². The second-order valence-corrected chi connectivity index (χ2v) is 8.30. The average Bonchev–Trinajstić information content (AvgIpc) is 2.91. The highest BCUT2D eigenvalue weighted by molar-refractivity contribution is 5.78. The first kappa shape index (κ1) is 23.1. The third-order valence-electron chi connectivity index (χ3n) is 5.87. The van der Waals surface area contributed by atoms with E-state index in [1.807, 2.05) is 37.3 Å². The minimum atomic E-state index is -0.914. The maximum absolute atomic E-state index is 12.8. The zero-order chi connectivity index (χ0) is 25.1. The van der Waals surface area contributed by atoms with Crippen molar-refractivity contribution in [2.75, 3.05) is 13.2 Å². The molecule has 3 aromatic carbocycles. The lowest BCUT2D eigenvalue weighted by molar-refractivity contribution is -0.144. The number of ether oxygens (including phenoxy) is 5. The van der Waals surface area contributed by atoms with Gasteiger partial charge in [-0.15, -0.1) is 0 Å². The molecule has 0 radical (unpaired) electrons. The number of para-hydroxylation sites is 3. The van der Waals surface area contributed by atoms with Crippen LogP contribution in [0, 0.1) is 11.3 Å². The molecule has 0 bridgehead atoms. The lowest BCUT2D eigenvalue weighted by Crippen LogP contribution is -2.39. The van der Waals surface area contributed by atoms with Crippen molar-refractivity contribution in [1.29, 1.82) is 5.26 Å². The normalized spacial score (nSPS) is 17.9. The van der Waals surface area contributed by atoms with E-state index in [1.165, 1.54) is 0 Å². The van der Waals surface area contributed by atoms with E-state index in [0.29, 0.717) is 35.2 Å². The molecule has 0 amide bonds. The summed E-state index contributed by atoms with van der Waals surface area (Å²) in [7, 11) is 0. The molecule has 2 aliphatic heterocycles. The van der Waals surface area contributed by atoms with Crippen molar-refractivity contribution >= 4 is 5.97 Å². The van der Waals surface area contributed by atoms with E-state index in [0.717, 1.165) is 12.0 Å². The molecule has 182 valence electrons. The molecule has 5 rings (SSSR count). The maximum Gasteiger partial charge on any atom is 0.356 e. The van der Waals surface area contributed by atoms with Gasteiger partial charge in [0, 0.05) is 17.2 Å². The number of nitrogens with zero attached hydrogens (tertiary/aromatic N) is 1. The monoisotopic (exact) mass is 484 g/mol. The standard InChI is InChI=1S/C28H24N2O6/c1-2-13-32-21-8-4-3-7-18(21)26-19-12-11-17(14-24(19)36-27(30)20(26)15-29)34-28(31)25-16-33-22-9-5-6-10-23(22)35-25/h3-12,14,25-26H,2,13,16,30H2,1H3. The fraction of sp³-hybridized carbons (Fsp3) is 0.214. The van der Waals surface area contributed by atoms with Crippen LogP contribution in [0.4, 0.5) is 0 Å². The Hall–Kier alpha value is -4.64. The lowest BCUT2D eigenvalue weighted by atomic mass is 9.83. The van der Waals surface area contributed by atoms with Gasteiger partial charge in [-0.2, -0.15) is 5.26 Å². The Labute approximate surface area is 208 Å². The Balaban J connectivity index is 1.42. The van der Waals surface area contributed by atoms with Crippen LogP contribution in [0.2, 0.25) is 0 Å². The predicted octanol–water partition coefficient (Wildman–Crippen LogP) is 4.44. The molecule has 36 heavy (non-hydrogen) atoms. The van der Waals surface area contributed by atoms with Crippen molar-refractivity contribution in [3.05, 3.63) is 89.3 Å².